The van der Waals surface area contributed by atoms with Crippen LogP contribution in [-0.2, 0) is 0 Å². The van der Waals surface area contributed by atoms with Gasteiger partial charge in [0.05, 0.1) is 23.3 Å². The minimum atomic E-state index is -4.10. The summed E-state index contributed by atoms with van der Waals surface area (Å²) in [4.78, 5) is 15.4. The van der Waals surface area contributed by atoms with Gasteiger partial charge in [-0.25, -0.2) is 4.98 Å². The lowest BCUT2D eigenvalue weighted by atomic mass is 9.85. The van der Waals surface area contributed by atoms with Gasteiger partial charge in [0, 0.05) is 11.6 Å². The van der Waals surface area contributed by atoms with E-state index in [-0.39, 0.29) is 18.9 Å². The van der Waals surface area contributed by atoms with Crippen molar-refractivity contribution in [3.05, 3.63) is 30.1 Å². The Hall–Kier alpha value is -2.05. The molecule has 2 aromatic rings. The van der Waals surface area contributed by atoms with Crippen LogP contribution in [-0.4, -0.2) is 21.6 Å². The van der Waals surface area contributed by atoms with Crippen LogP contribution in [0.25, 0.3) is 11.0 Å². The van der Waals surface area contributed by atoms with Crippen molar-refractivity contribution < 1.29 is 18.0 Å². The molecule has 1 amide bonds. The van der Waals surface area contributed by atoms with Crippen LogP contribution in [0.15, 0.2) is 24.5 Å². The molecule has 1 saturated carbocycles. The second-order valence-electron chi connectivity index (χ2n) is 5.77. The zero-order valence-electron chi connectivity index (χ0n) is 11.8. The molecule has 1 fully saturated rings. The summed E-state index contributed by atoms with van der Waals surface area (Å²) in [6.45, 7) is 0. The maximum absolute atomic E-state index is 12.7. The third-order valence-electron chi connectivity index (χ3n) is 4.41. The topological polar surface area (TPSA) is 60.9 Å². The highest BCUT2D eigenvalue weighted by atomic mass is 19.4. The van der Waals surface area contributed by atoms with Crippen LogP contribution in [0.3, 0.4) is 0 Å². The van der Waals surface area contributed by atoms with Gasteiger partial charge in [-0.05, 0) is 43.9 Å². The van der Waals surface area contributed by atoms with Crippen molar-refractivity contribution >= 4 is 16.9 Å². The first-order valence-electron chi connectivity index (χ1n) is 7.19. The molecular formula is C15H16F3N3O. The Kier molecular flexibility index (Phi) is 3.58. The summed E-state index contributed by atoms with van der Waals surface area (Å²) in [5, 5.41) is 0. The summed E-state index contributed by atoms with van der Waals surface area (Å²) in [6.07, 6.45) is -1.22. The lowest BCUT2D eigenvalue weighted by Gasteiger charge is -2.30. The first-order chi connectivity index (χ1) is 10.4. The Labute approximate surface area is 125 Å². The number of fused-ring (bicyclic) bond motifs is 1. The highest BCUT2D eigenvalue weighted by Gasteiger charge is 2.41. The van der Waals surface area contributed by atoms with E-state index >= 15 is 0 Å². The molecule has 0 aliphatic heterocycles. The van der Waals surface area contributed by atoms with Gasteiger partial charge in [-0.15, -0.1) is 0 Å². The number of rotatable bonds is 2. The van der Waals surface area contributed by atoms with Crippen molar-refractivity contribution in [2.75, 3.05) is 0 Å². The molecule has 118 valence electrons. The summed E-state index contributed by atoms with van der Waals surface area (Å²) in [7, 11) is 0. The molecule has 1 aromatic carbocycles. The first-order valence-corrected chi connectivity index (χ1v) is 7.19. The molecule has 1 aliphatic rings. The molecule has 0 atom stereocenters. The van der Waals surface area contributed by atoms with Gasteiger partial charge in [0.25, 0.3) is 0 Å². The van der Waals surface area contributed by atoms with Gasteiger partial charge in [0.15, 0.2) is 0 Å². The number of nitrogens with zero attached hydrogens (tertiary/aromatic N) is 2. The number of amides is 1. The fourth-order valence-electron chi connectivity index (χ4n) is 3.16. The normalized spacial score (nSPS) is 22.9. The van der Waals surface area contributed by atoms with Crippen LogP contribution in [0.2, 0.25) is 0 Å². The molecule has 0 radical (unpaired) electrons. The smallest absolute Gasteiger partial charge is 0.366 e. The molecule has 3 rings (SSSR count). The summed E-state index contributed by atoms with van der Waals surface area (Å²) < 4.78 is 40.1. The summed E-state index contributed by atoms with van der Waals surface area (Å²) in [5.41, 5.74) is 7.06. The SMILES string of the molecule is NC(=O)c1ccc2c(c1)ncn2C1CCC(C(F)(F)F)CC1. The molecule has 4 nitrogen and oxygen atoms in total. The minimum absolute atomic E-state index is 0.0167. The number of carbonyl (C=O) groups excluding carboxylic acids is 1. The number of halogens is 3. The second-order valence-corrected chi connectivity index (χ2v) is 5.77. The Bertz CT molecular complexity index is 700. The Balaban J connectivity index is 1.82. The van der Waals surface area contributed by atoms with Crippen molar-refractivity contribution in [2.45, 2.75) is 37.9 Å². The standard InChI is InChI=1S/C15H16F3N3O/c16-15(17,18)10-2-4-11(5-3-10)21-8-20-12-7-9(14(19)22)1-6-13(12)21/h1,6-8,10-11H,2-5H2,(H2,19,22). The average molecular weight is 311 g/mol. The molecule has 1 heterocycles. The first kappa shape index (κ1) is 14.9. The van der Waals surface area contributed by atoms with Crippen molar-refractivity contribution in [2.24, 2.45) is 11.7 Å². The number of aromatic nitrogens is 2. The molecule has 7 heteroatoms. The molecule has 1 aromatic heterocycles. The van der Waals surface area contributed by atoms with Gasteiger partial charge < -0.3 is 10.3 Å². The van der Waals surface area contributed by atoms with Crippen LogP contribution >= 0.6 is 0 Å². The van der Waals surface area contributed by atoms with Crippen LogP contribution < -0.4 is 5.73 Å². The maximum Gasteiger partial charge on any atom is 0.391 e. The number of primary amides is 1. The van der Waals surface area contributed by atoms with E-state index in [0.717, 1.165) is 5.52 Å². The van der Waals surface area contributed by atoms with Gasteiger partial charge >= 0.3 is 6.18 Å². The number of benzene rings is 1. The van der Waals surface area contributed by atoms with Gasteiger partial charge in [-0.3, -0.25) is 4.79 Å². The number of hydrogen-bond donors (Lipinski definition) is 1. The zero-order valence-corrected chi connectivity index (χ0v) is 11.8. The largest absolute Gasteiger partial charge is 0.391 e. The highest BCUT2D eigenvalue weighted by Crippen LogP contribution is 2.41. The second kappa shape index (κ2) is 5.30. The third kappa shape index (κ3) is 2.67. The van der Waals surface area contributed by atoms with Gasteiger partial charge in [-0.1, -0.05) is 0 Å². The van der Waals surface area contributed by atoms with Crippen molar-refractivity contribution in [3.63, 3.8) is 0 Å². The van der Waals surface area contributed by atoms with E-state index in [9.17, 15) is 18.0 Å². The van der Waals surface area contributed by atoms with Gasteiger partial charge in [0.1, 0.15) is 0 Å². The van der Waals surface area contributed by atoms with E-state index < -0.39 is 18.0 Å². The average Bonchev–Trinajstić information content (AvgIpc) is 2.89. The van der Waals surface area contributed by atoms with E-state index in [1.54, 1.807) is 24.5 Å². The van der Waals surface area contributed by atoms with Crippen LogP contribution in [0.1, 0.15) is 42.1 Å². The van der Waals surface area contributed by atoms with E-state index in [1.165, 1.54) is 0 Å². The molecule has 22 heavy (non-hydrogen) atoms. The monoisotopic (exact) mass is 311 g/mol. The summed E-state index contributed by atoms with van der Waals surface area (Å²) in [5.74, 6) is -1.72. The van der Waals surface area contributed by atoms with Gasteiger partial charge in [0.2, 0.25) is 5.91 Å². The number of carbonyl (C=O) groups is 1. The van der Waals surface area contributed by atoms with E-state index in [2.05, 4.69) is 4.98 Å². The van der Waals surface area contributed by atoms with Crippen LogP contribution in [0, 0.1) is 5.92 Å². The summed E-state index contributed by atoms with van der Waals surface area (Å²) in [6, 6.07) is 4.99. The van der Waals surface area contributed by atoms with Gasteiger partial charge in [-0.2, -0.15) is 13.2 Å². The quantitative estimate of drug-likeness (QED) is 0.923. The van der Waals surface area contributed by atoms with Crippen molar-refractivity contribution in [1.82, 2.24) is 9.55 Å². The maximum atomic E-state index is 12.7. The van der Waals surface area contributed by atoms with Crippen LogP contribution in [0.5, 0.6) is 0 Å². The number of imidazole rings is 1. The molecule has 2 N–H and O–H groups in total. The summed E-state index contributed by atoms with van der Waals surface area (Å²) >= 11 is 0. The number of alkyl halides is 3. The fraction of sp³-hybridized carbons (Fsp3) is 0.467. The fourth-order valence-corrected chi connectivity index (χ4v) is 3.16. The van der Waals surface area contributed by atoms with E-state index in [1.807, 2.05) is 4.57 Å². The Morgan fingerprint density at radius 3 is 2.50 bits per heavy atom. The lowest BCUT2D eigenvalue weighted by molar-refractivity contribution is -0.183. The van der Waals surface area contributed by atoms with E-state index in [4.69, 9.17) is 5.73 Å². The third-order valence-corrected chi connectivity index (χ3v) is 4.41. The lowest BCUT2D eigenvalue weighted by Crippen LogP contribution is -2.28. The highest BCUT2D eigenvalue weighted by molar-refractivity contribution is 5.96. The molecular weight excluding hydrogens is 295 g/mol. The van der Waals surface area contributed by atoms with E-state index in [0.29, 0.717) is 23.9 Å². The molecule has 0 saturated heterocycles. The zero-order chi connectivity index (χ0) is 15.9. The number of hydrogen-bond acceptors (Lipinski definition) is 2. The molecule has 1 aliphatic carbocycles. The predicted octanol–water partition coefficient (Wildman–Crippen LogP) is 3.43. The van der Waals surface area contributed by atoms with Crippen LogP contribution in [0.4, 0.5) is 13.2 Å². The number of nitrogens with two attached hydrogens (primary N) is 1. The van der Waals surface area contributed by atoms with Crippen molar-refractivity contribution in [3.8, 4) is 0 Å². The Morgan fingerprint density at radius 1 is 1.23 bits per heavy atom. The minimum Gasteiger partial charge on any atom is -0.366 e. The molecule has 0 spiro atoms. The van der Waals surface area contributed by atoms with Crippen molar-refractivity contribution in [1.29, 1.82) is 0 Å². The predicted molar refractivity (Wildman–Crippen MR) is 75.3 cm³/mol. The Morgan fingerprint density at radius 2 is 1.91 bits per heavy atom. The molecule has 0 bridgehead atoms. The molecule has 0 unspecified atom stereocenters.